The lowest BCUT2D eigenvalue weighted by Gasteiger charge is -2.02. The first kappa shape index (κ1) is 9.80. The molecule has 5 heteroatoms. The minimum Gasteiger partial charge on any atom is -0.303 e. The van der Waals surface area contributed by atoms with E-state index in [1.807, 2.05) is 11.8 Å². The highest BCUT2D eigenvalue weighted by Gasteiger charge is 2.01. The Balaban J connectivity index is 2.79. The highest BCUT2D eigenvalue weighted by molar-refractivity contribution is 7.98. The highest BCUT2D eigenvalue weighted by Crippen LogP contribution is 2.01. The highest BCUT2D eigenvalue weighted by atomic mass is 32.2. The van der Waals surface area contributed by atoms with Crippen molar-refractivity contribution in [2.75, 3.05) is 12.0 Å². The lowest BCUT2D eigenvalue weighted by atomic mass is 10.4. The van der Waals surface area contributed by atoms with E-state index in [1.54, 1.807) is 0 Å². The molecule has 0 spiro atoms. The van der Waals surface area contributed by atoms with Crippen LogP contribution in [-0.2, 0) is 13.0 Å². The van der Waals surface area contributed by atoms with Gasteiger partial charge in [0.1, 0.15) is 5.82 Å². The van der Waals surface area contributed by atoms with Crippen molar-refractivity contribution in [3.05, 3.63) is 10.6 Å². The van der Waals surface area contributed by atoms with Gasteiger partial charge < -0.3 is 4.57 Å². The van der Waals surface area contributed by atoms with Gasteiger partial charge in [0.2, 0.25) is 0 Å². The normalized spacial score (nSPS) is 10.5. The maximum absolute atomic E-state index is 5.09. The summed E-state index contributed by atoms with van der Waals surface area (Å²) in [5.74, 6) is 2.13. The number of H-pyrrole nitrogens is 1. The van der Waals surface area contributed by atoms with Gasteiger partial charge in [-0.3, -0.25) is 5.10 Å². The van der Waals surface area contributed by atoms with Crippen LogP contribution in [0.25, 0.3) is 0 Å². The van der Waals surface area contributed by atoms with Gasteiger partial charge >= 0.3 is 0 Å². The summed E-state index contributed by atoms with van der Waals surface area (Å²) in [7, 11) is 0. The molecule has 0 radical (unpaired) electrons. The average molecular weight is 203 g/mol. The van der Waals surface area contributed by atoms with Crippen molar-refractivity contribution in [1.82, 2.24) is 14.8 Å². The van der Waals surface area contributed by atoms with Gasteiger partial charge in [0.25, 0.3) is 0 Å². The summed E-state index contributed by atoms with van der Waals surface area (Å²) >= 11 is 6.91. The van der Waals surface area contributed by atoms with Crippen molar-refractivity contribution in [3.8, 4) is 0 Å². The van der Waals surface area contributed by atoms with Gasteiger partial charge in [-0.15, -0.1) is 0 Å². The zero-order valence-electron chi connectivity index (χ0n) is 7.33. The smallest absolute Gasteiger partial charge is 0.195 e. The standard InChI is InChI=1S/C7H13N3S2/c1-3-6-8-9-7(11)10(6)4-5-12-2/h3-5H2,1-2H3,(H,9,11). The second kappa shape index (κ2) is 4.67. The third-order valence-corrected chi connectivity index (χ3v) is 2.58. The van der Waals surface area contributed by atoms with Crippen LogP contribution in [0.5, 0.6) is 0 Å². The first-order valence-corrected chi connectivity index (χ1v) is 5.72. The fourth-order valence-electron chi connectivity index (χ4n) is 1.03. The van der Waals surface area contributed by atoms with Crippen LogP contribution in [0.3, 0.4) is 0 Å². The molecule has 0 unspecified atom stereocenters. The van der Waals surface area contributed by atoms with Crippen LogP contribution in [0.15, 0.2) is 0 Å². The van der Waals surface area contributed by atoms with Gasteiger partial charge in [0, 0.05) is 18.7 Å². The molecule has 0 aliphatic carbocycles. The van der Waals surface area contributed by atoms with Crippen LogP contribution < -0.4 is 0 Å². The summed E-state index contributed by atoms with van der Waals surface area (Å²) in [6.45, 7) is 3.04. The quantitative estimate of drug-likeness (QED) is 0.758. The molecular weight excluding hydrogens is 190 g/mol. The molecule has 1 rings (SSSR count). The Morgan fingerprint density at radius 2 is 2.42 bits per heavy atom. The topological polar surface area (TPSA) is 33.6 Å². The van der Waals surface area contributed by atoms with E-state index in [2.05, 4.69) is 27.9 Å². The monoisotopic (exact) mass is 203 g/mol. The van der Waals surface area contributed by atoms with Crippen molar-refractivity contribution in [2.45, 2.75) is 19.9 Å². The zero-order chi connectivity index (χ0) is 8.97. The molecule has 0 aliphatic heterocycles. The van der Waals surface area contributed by atoms with E-state index in [0.717, 1.165) is 29.3 Å². The van der Waals surface area contributed by atoms with Crippen LogP contribution in [0.2, 0.25) is 0 Å². The predicted octanol–water partition coefficient (Wildman–Crippen LogP) is 1.87. The van der Waals surface area contributed by atoms with Crippen LogP contribution in [-0.4, -0.2) is 26.8 Å². The van der Waals surface area contributed by atoms with Crippen LogP contribution in [0, 0.1) is 4.77 Å². The van der Waals surface area contributed by atoms with Crippen molar-refractivity contribution in [3.63, 3.8) is 0 Å². The summed E-state index contributed by atoms with van der Waals surface area (Å²) < 4.78 is 2.80. The molecule has 0 aromatic carbocycles. The van der Waals surface area contributed by atoms with Gasteiger partial charge in [-0.2, -0.15) is 16.9 Å². The maximum atomic E-state index is 5.09. The molecular formula is C7H13N3S2. The minimum atomic E-state index is 0.737. The summed E-state index contributed by atoms with van der Waals surface area (Å²) in [6, 6.07) is 0. The summed E-state index contributed by atoms with van der Waals surface area (Å²) in [5, 5.41) is 6.93. The van der Waals surface area contributed by atoms with Gasteiger partial charge in [-0.1, -0.05) is 6.92 Å². The average Bonchev–Trinajstić information content (AvgIpc) is 2.43. The van der Waals surface area contributed by atoms with E-state index < -0.39 is 0 Å². The van der Waals surface area contributed by atoms with Crippen LogP contribution in [0.4, 0.5) is 0 Å². The van der Waals surface area contributed by atoms with E-state index in [9.17, 15) is 0 Å². The molecule has 1 aromatic rings. The van der Waals surface area contributed by atoms with Crippen molar-refractivity contribution in [2.24, 2.45) is 0 Å². The van der Waals surface area contributed by atoms with Crippen LogP contribution >= 0.6 is 24.0 Å². The fraction of sp³-hybridized carbons (Fsp3) is 0.714. The largest absolute Gasteiger partial charge is 0.303 e. The van der Waals surface area contributed by atoms with E-state index >= 15 is 0 Å². The molecule has 0 bridgehead atoms. The Hall–Kier alpha value is -0.290. The second-order valence-electron chi connectivity index (χ2n) is 2.44. The van der Waals surface area contributed by atoms with Gasteiger partial charge in [0.15, 0.2) is 4.77 Å². The first-order valence-electron chi connectivity index (χ1n) is 3.92. The van der Waals surface area contributed by atoms with Crippen LogP contribution in [0.1, 0.15) is 12.7 Å². The summed E-state index contributed by atoms with van der Waals surface area (Å²) in [4.78, 5) is 0. The maximum Gasteiger partial charge on any atom is 0.195 e. The molecule has 1 N–H and O–H groups in total. The molecule has 3 nitrogen and oxygen atoms in total. The van der Waals surface area contributed by atoms with Crippen molar-refractivity contribution in [1.29, 1.82) is 0 Å². The van der Waals surface area contributed by atoms with Gasteiger partial charge in [0.05, 0.1) is 0 Å². The SMILES string of the molecule is CCc1n[nH]c(=S)n1CCSC. The predicted molar refractivity (Wildman–Crippen MR) is 55.2 cm³/mol. The number of nitrogens with zero attached hydrogens (tertiary/aromatic N) is 2. The molecule has 1 aromatic heterocycles. The van der Waals surface area contributed by atoms with E-state index in [-0.39, 0.29) is 0 Å². The first-order chi connectivity index (χ1) is 5.79. The Morgan fingerprint density at radius 3 is 3.00 bits per heavy atom. The Labute approximate surface area is 81.6 Å². The number of hydrogen-bond donors (Lipinski definition) is 1. The van der Waals surface area contributed by atoms with E-state index in [4.69, 9.17) is 12.2 Å². The molecule has 0 saturated heterocycles. The molecule has 1 heterocycles. The molecule has 0 amide bonds. The Kier molecular flexibility index (Phi) is 3.81. The lowest BCUT2D eigenvalue weighted by Crippen LogP contribution is -2.04. The molecule has 0 aliphatic rings. The molecule has 0 fully saturated rings. The van der Waals surface area contributed by atoms with Crippen molar-refractivity contribution >= 4 is 24.0 Å². The van der Waals surface area contributed by atoms with Gasteiger partial charge in [-0.05, 0) is 18.5 Å². The minimum absolute atomic E-state index is 0.737. The van der Waals surface area contributed by atoms with Crippen molar-refractivity contribution < 1.29 is 0 Å². The molecule has 0 atom stereocenters. The Bertz CT molecular complexity index is 289. The third-order valence-electron chi connectivity index (χ3n) is 1.67. The number of rotatable bonds is 4. The van der Waals surface area contributed by atoms with Gasteiger partial charge in [-0.25, -0.2) is 0 Å². The summed E-state index contributed by atoms with van der Waals surface area (Å²) in [5.41, 5.74) is 0. The molecule has 0 saturated carbocycles. The third kappa shape index (κ3) is 2.10. The second-order valence-corrected chi connectivity index (χ2v) is 3.82. The zero-order valence-corrected chi connectivity index (χ0v) is 8.97. The molecule has 12 heavy (non-hydrogen) atoms. The number of nitrogens with one attached hydrogen (secondary N) is 1. The van der Waals surface area contributed by atoms with E-state index in [1.165, 1.54) is 0 Å². The molecule has 68 valence electrons. The van der Waals surface area contributed by atoms with E-state index in [0.29, 0.717) is 0 Å². The number of hydrogen-bond acceptors (Lipinski definition) is 3. The lowest BCUT2D eigenvalue weighted by molar-refractivity contribution is 0.704. The number of aromatic amines is 1. The Morgan fingerprint density at radius 1 is 1.67 bits per heavy atom. The number of aromatic nitrogens is 3. The number of thioether (sulfide) groups is 1. The number of aryl methyl sites for hydroxylation is 1. The fourth-order valence-corrected chi connectivity index (χ4v) is 1.64. The summed E-state index contributed by atoms with van der Waals surface area (Å²) in [6.07, 6.45) is 3.02.